The van der Waals surface area contributed by atoms with Crippen LogP contribution in [-0.2, 0) is 0 Å². The fourth-order valence-corrected chi connectivity index (χ4v) is 1.72. The first-order valence-electron chi connectivity index (χ1n) is 3.19. The van der Waals surface area contributed by atoms with Crippen LogP contribution in [-0.4, -0.2) is 8.62 Å². The topological polar surface area (TPSA) is 17.1 Å². The number of alkyl halides is 2. The standard InChI is InChI=1S/C8H5BrI2O/c9-8(11)7(12)5-1-3-6(10)4-2-5/h1-4,8H. The largest absolute Gasteiger partial charge is 0.292 e. The van der Waals surface area contributed by atoms with Crippen molar-refractivity contribution in [2.75, 3.05) is 0 Å². The number of Topliss-reactive ketones (excluding diaryl/α,β-unsaturated/α-hetero) is 1. The maximum absolute atomic E-state index is 11.4. The minimum atomic E-state index is -0.129. The van der Waals surface area contributed by atoms with Crippen LogP contribution in [0.25, 0.3) is 0 Å². The number of hydrogen-bond acceptors (Lipinski definition) is 1. The highest BCUT2D eigenvalue weighted by Gasteiger charge is 2.12. The van der Waals surface area contributed by atoms with Crippen molar-refractivity contribution in [3.8, 4) is 0 Å². The van der Waals surface area contributed by atoms with Crippen LogP contribution in [0.1, 0.15) is 10.4 Å². The molecule has 1 atom stereocenters. The van der Waals surface area contributed by atoms with E-state index in [-0.39, 0.29) is 8.62 Å². The molecule has 0 aliphatic rings. The summed E-state index contributed by atoms with van der Waals surface area (Å²) in [6.07, 6.45) is 0. The minimum Gasteiger partial charge on any atom is -0.292 e. The molecule has 0 heterocycles. The SMILES string of the molecule is O=C(c1ccc(I)cc1)C(Br)I. The Balaban J connectivity index is 2.90. The summed E-state index contributed by atoms with van der Waals surface area (Å²) in [4.78, 5) is 11.4. The molecule has 0 N–H and O–H groups in total. The van der Waals surface area contributed by atoms with Gasteiger partial charge in [0.1, 0.15) is 2.83 Å². The van der Waals surface area contributed by atoms with Crippen molar-refractivity contribution in [1.29, 1.82) is 0 Å². The lowest BCUT2D eigenvalue weighted by Gasteiger charge is -2.00. The summed E-state index contributed by atoms with van der Waals surface area (Å²) in [6, 6.07) is 7.55. The van der Waals surface area contributed by atoms with Crippen LogP contribution in [0.5, 0.6) is 0 Å². The molecule has 0 bridgehead atoms. The van der Waals surface area contributed by atoms with E-state index in [1.165, 1.54) is 0 Å². The predicted molar refractivity (Wildman–Crippen MR) is 70.2 cm³/mol. The van der Waals surface area contributed by atoms with E-state index >= 15 is 0 Å². The molecule has 0 spiro atoms. The molecule has 1 aromatic carbocycles. The van der Waals surface area contributed by atoms with Gasteiger partial charge in [-0.15, -0.1) is 0 Å². The number of carbonyl (C=O) groups is 1. The molecule has 0 aliphatic carbocycles. The minimum absolute atomic E-state index is 0.118. The van der Waals surface area contributed by atoms with E-state index in [1.807, 2.05) is 46.9 Å². The van der Waals surface area contributed by atoms with Gasteiger partial charge in [-0.25, -0.2) is 0 Å². The van der Waals surface area contributed by atoms with E-state index in [0.717, 1.165) is 9.13 Å². The third-order valence-electron chi connectivity index (χ3n) is 1.33. The predicted octanol–water partition coefficient (Wildman–Crippen LogP) is 3.63. The number of rotatable bonds is 2. The molecule has 0 fully saturated rings. The molecule has 1 rings (SSSR count). The molecule has 12 heavy (non-hydrogen) atoms. The molecule has 0 radical (unpaired) electrons. The van der Waals surface area contributed by atoms with Crippen molar-refractivity contribution in [2.45, 2.75) is 2.83 Å². The van der Waals surface area contributed by atoms with Gasteiger partial charge in [0.2, 0.25) is 0 Å². The molecule has 0 aliphatic heterocycles. The molecule has 0 saturated carbocycles. The maximum Gasteiger partial charge on any atom is 0.186 e. The number of hydrogen-bond donors (Lipinski definition) is 0. The first kappa shape index (κ1) is 10.9. The van der Waals surface area contributed by atoms with Gasteiger partial charge in [-0.3, -0.25) is 4.79 Å². The van der Waals surface area contributed by atoms with Crippen molar-refractivity contribution in [2.24, 2.45) is 0 Å². The fourth-order valence-electron chi connectivity index (χ4n) is 0.740. The van der Waals surface area contributed by atoms with Crippen LogP contribution in [0.2, 0.25) is 0 Å². The lowest BCUT2D eigenvalue weighted by atomic mass is 10.2. The van der Waals surface area contributed by atoms with Gasteiger partial charge in [0, 0.05) is 9.13 Å². The average Bonchev–Trinajstić information content (AvgIpc) is 2.04. The Morgan fingerprint density at radius 3 is 2.25 bits per heavy atom. The quantitative estimate of drug-likeness (QED) is 0.382. The molecular formula is C8H5BrI2O. The Labute approximate surface area is 107 Å². The zero-order valence-electron chi connectivity index (χ0n) is 5.93. The van der Waals surface area contributed by atoms with E-state index in [4.69, 9.17) is 0 Å². The van der Waals surface area contributed by atoms with E-state index in [0.29, 0.717) is 0 Å². The summed E-state index contributed by atoms with van der Waals surface area (Å²) >= 11 is 7.49. The summed E-state index contributed by atoms with van der Waals surface area (Å²) < 4.78 is 1.01. The first-order chi connectivity index (χ1) is 5.61. The monoisotopic (exact) mass is 450 g/mol. The van der Waals surface area contributed by atoms with Crippen LogP contribution < -0.4 is 0 Å². The smallest absolute Gasteiger partial charge is 0.186 e. The highest BCUT2D eigenvalue weighted by Crippen LogP contribution is 2.17. The van der Waals surface area contributed by atoms with E-state index in [9.17, 15) is 4.79 Å². The van der Waals surface area contributed by atoms with Crippen molar-refractivity contribution < 1.29 is 4.79 Å². The summed E-state index contributed by atoms with van der Waals surface area (Å²) in [5.74, 6) is 0.118. The van der Waals surface area contributed by atoms with Crippen LogP contribution in [0, 0.1) is 3.57 Å². The normalized spacial score (nSPS) is 12.6. The van der Waals surface area contributed by atoms with Gasteiger partial charge in [-0.2, -0.15) is 0 Å². The Morgan fingerprint density at radius 1 is 1.33 bits per heavy atom. The second kappa shape index (κ2) is 4.90. The second-order valence-corrected chi connectivity index (χ2v) is 7.29. The lowest BCUT2D eigenvalue weighted by Crippen LogP contribution is -2.06. The van der Waals surface area contributed by atoms with Crippen LogP contribution in [0.4, 0.5) is 0 Å². The van der Waals surface area contributed by atoms with Gasteiger partial charge in [-0.1, -0.05) is 50.7 Å². The third kappa shape index (κ3) is 2.95. The summed E-state index contributed by atoms with van der Waals surface area (Å²) in [5.41, 5.74) is 0.756. The molecule has 1 nitrogen and oxygen atoms in total. The second-order valence-electron chi connectivity index (χ2n) is 2.17. The Hall–Kier alpha value is 0.830. The Kier molecular flexibility index (Phi) is 4.45. The molecule has 0 aromatic heterocycles. The van der Waals surface area contributed by atoms with E-state index < -0.39 is 0 Å². The number of carbonyl (C=O) groups excluding carboxylic acids is 1. The van der Waals surface area contributed by atoms with Gasteiger partial charge in [-0.05, 0) is 34.7 Å². The van der Waals surface area contributed by atoms with Gasteiger partial charge in [0.15, 0.2) is 5.78 Å². The lowest BCUT2D eigenvalue weighted by molar-refractivity contribution is 0.101. The van der Waals surface area contributed by atoms with Crippen molar-refractivity contribution in [3.05, 3.63) is 33.4 Å². The number of ketones is 1. The molecule has 0 saturated heterocycles. The highest BCUT2D eigenvalue weighted by molar-refractivity contribution is 14.1. The molecule has 1 unspecified atom stereocenters. The summed E-state index contributed by atoms with van der Waals surface area (Å²) in [5, 5.41) is 0. The zero-order chi connectivity index (χ0) is 9.14. The van der Waals surface area contributed by atoms with Crippen molar-refractivity contribution in [3.63, 3.8) is 0 Å². The molecule has 1 aromatic rings. The highest BCUT2D eigenvalue weighted by atomic mass is 127. The van der Waals surface area contributed by atoms with E-state index in [1.54, 1.807) is 0 Å². The molecule has 0 amide bonds. The Bertz CT molecular complexity index is 282. The van der Waals surface area contributed by atoms with Crippen molar-refractivity contribution in [1.82, 2.24) is 0 Å². The van der Waals surface area contributed by atoms with Gasteiger partial charge in [0.25, 0.3) is 0 Å². The third-order valence-corrected chi connectivity index (χ3v) is 3.03. The summed E-state index contributed by atoms with van der Waals surface area (Å²) in [7, 11) is 0. The number of benzene rings is 1. The molecule has 4 heteroatoms. The van der Waals surface area contributed by atoms with Crippen LogP contribution >= 0.6 is 61.1 Å². The first-order valence-corrected chi connectivity index (χ1v) is 6.43. The maximum atomic E-state index is 11.4. The average molecular weight is 451 g/mol. The summed E-state index contributed by atoms with van der Waals surface area (Å²) in [6.45, 7) is 0. The molecule has 64 valence electrons. The number of halogens is 3. The van der Waals surface area contributed by atoms with Crippen molar-refractivity contribution >= 4 is 66.9 Å². The Morgan fingerprint density at radius 2 is 1.83 bits per heavy atom. The van der Waals surface area contributed by atoms with E-state index in [2.05, 4.69) is 38.5 Å². The fraction of sp³-hybridized carbons (Fsp3) is 0.125. The van der Waals surface area contributed by atoms with Gasteiger partial charge >= 0.3 is 0 Å². The zero-order valence-corrected chi connectivity index (χ0v) is 11.8. The van der Waals surface area contributed by atoms with Crippen LogP contribution in [0.15, 0.2) is 24.3 Å². The van der Waals surface area contributed by atoms with Crippen LogP contribution in [0.3, 0.4) is 0 Å². The molecular weight excluding hydrogens is 446 g/mol. The van der Waals surface area contributed by atoms with Gasteiger partial charge in [0.05, 0.1) is 0 Å². The van der Waals surface area contributed by atoms with Gasteiger partial charge < -0.3 is 0 Å².